The van der Waals surface area contributed by atoms with Crippen LogP contribution in [0.2, 0.25) is 0 Å². The number of rotatable bonds is 16. The molecule has 2 aromatic rings. The number of amides is 3. The average molecular weight is 583 g/mol. The summed E-state index contributed by atoms with van der Waals surface area (Å²) in [5, 5.41) is 16.8. The Kier molecular flexibility index (Phi) is 11.7. The van der Waals surface area contributed by atoms with E-state index in [0.717, 1.165) is 29.0 Å². The van der Waals surface area contributed by atoms with Crippen molar-refractivity contribution in [2.45, 2.75) is 52.2 Å². The van der Waals surface area contributed by atoms with Gasteiger partial charge in [-0.15, -0.1) is 11.3 Å². The fourth-order valence-corrected chi connectivity index (χ4v) is 6.20. The Hall–Kier alpha value is -3.47. The minimum absolute atomic E-state index is 0.0368. The summed E-state index contributed by atoms with van der Waals surface area (Å²) >= 11 is 1.50. The maximum Gasteiger partial charge on any atom is 0.249 e. The minimum atomic E-state index is -1.52. The number of carbonyl (C=O) groups is 3. The molecule has 0 fully saturated rings. The Bertz CT molecular complexity index is 1250. The van der Waals surface area contributed by atoms with Gasteiger partial charge in [0.25, 0.3) is 0 Å². The number of aliphatic hydroxyl groups is 1. The molecule has 0 bridgehead atoms. The standard InChI is InChI=1S/C31H42N4O5S/c1-4-11-35(12-5-2)29(38)23-15-22(28(32)37)17-31(18-23,30(33)39)26(16-25-10-7-13-41-25)27(36)20-34-19-21-8-6-9-24(14-21)40-3/h6-10,13-15,17,26-27,34,36H,4-5,11-12,16,18-20H2,1-3H3,(H2,32,37)(H2,33,39)/t26-,27+,31?/m1/s1. The third kappa shape index (κ3) is 8.06. The molecule has 10 heteroatoms. The van der Waals surface area contributed by atoms with E-state index < -0.39 is 29.3 Å². The number of ether oxygens (including phenoxy) is 1. The summed E-state index contributed by atoms with van der Waals surface area (Å²) in [6, 6.07) is 11.4. The van der Waals surface area contributed by atoms with E-state index in [4.69, 9.17) is 16.2 Å². The second-order valence-corrected chi connectivity index (χ2v) is 11.5. The normalized spacial score (nSPS) is 18.1. The van der Waals surface area contributed by atoms with Gasteiger partial charge in [0.2, 0.25) is 17.7 Å². The lowest BCUT2D eigenvalue weighted by Crippen LogP contribution is -2.52. The van der Waals surface area contributed by atoms with Crippen molar-refractivity contribution in [2.24, 2.45) is 22.8 Å². The van der Waals surface area contributed by atoms with E-state index in [-0.39, 0.29) is 30.0 Å². The highest BCUT2D eigenvalue weighted by molar-refractivity contribution is 7.09. The molecule has 0 saturated carbocycles. The van der Waals surface area contributed by atoms with Crippen LogP contribution < -0.4 is 21.5 Å². The van der Waals surface area contributed by atoms with Gasteiger partial charge in [-0.1, -0.05) is 38.1 Å². The zero-order valence-electron chi connectivity index (χ0n) is 24.1. The summed E-state index contributed by atoms with van der Waals surface area (Å²) in [5.74, 6) is -1.76. The van der Waals surface area contributed by atoms with Crippen LogP contribution in [0.3, 0.4) is 0 Å². The van der Waals surface area contributed by atoms with E-state index in [1.54, 1.807) is 12.0 Å². The molecular formula is C31H42N4O5S. The first kappa shape index (κ1) is 32.0. The van der Waals surface area contributed by atoms with Crippen molar-refractivity contribution in [1.29, 1.82) is 0 Å². The van der Waals surface area contributed by atoms with Gasteiger partial charge in [0.05, 0.1) is 18.6 Å². The molecule has 222 valence electrons. The van der Waals surface area contributed by atoms with Crippen LogP contribution in [0.1, 0.15) is 43.6 Å². The van der Waals surface area contributed by atoms with Crippen LogP contribution in [0, 0.1) is 11.3 Å². The number of thiophene rings is 1. The number of hydrogen-bond donors (Lipinski definition) is 4. The topological polar surface area (TPSA) is 148 Å². The van der Waals surface area contributed by atoms with Gasteiger partial charge in [-0.2, -0.15) is 0 Å². The van der Waals surface area contributed by atoms with E-state index in [1.165, 1.54) is 23.5 Å². The second-order valence-electron chi connectivity index (χ2n) is 10.4. The van der Waals surface area contributed by atoms with Gasteiger partial charge < -0.3 is 31.5 Å². The molecule has 0 saturated heterocycles. The summed E-state index contributed by atoms with van der Waals surface area (Å²) in [6.07, 6.45) is 3.71. The Morgan fingerprint density at radius 3 is 2.46 bits per heavy atom. The van der Waals surface area contributed by atoms with Gasteiger partial charge in [-0.3, -0.25) is 14.4 Å². The maximum absolute atomic E-state index is 13.7. The SMILES string of the molecule is CCCN(CCC)C(=O)C1=CC(C(N)=O)=CC(C(N)=O)([C@H](Cc2cccs2)[C@@H](O)CNCc2cccc(OC)c2)C1. The minimum Gasteiger partial charge on any atom is -0.497 e. The van der Waals surface area contributed by atoms with Crippen molar-refractivity contribution in [3.05, 3.63) is 75.5 Å². The molecular weight excluding hydrogens is 540 g/mol. The number of benzene rings is 1. The molecule has 3 amide bonds. The summed E-state index contributed by atoms with van der Waals surface area (Å²) in [6.45, 7) is 5.65. The van der Waals surface area contributed by atoms with Crippen LogP contribution >= 0.6 is 11.3 Å². The largest absolute Gasteiger partial charge is 0.497 e. The number of primary amides is 2. The van der Waals surface area contributed by atoms with Gasteiger partial charge in [0.1, 0.15) is 5.75 Å². The molecule has 3 rings (SSSR count). The summed E-state index contributed by atoms with van der Waals surface area (Å²) in [7, 11) is 1.60. The molecule has 3 atom stereocenters. The van der Waals surface area contributed by atoms with Crippen LogP contribution in [-0.4, -0.2) is 60.6 Å². The van der Waals surface area contributed by atoms with Gasteiger partial charge in [-0.25, -0.2) is 0 Å². The molecule has 1 unspecified atom stereocenters. The molecule has 1 aliphatic carbocycles. The van der Waals surface area contributed by atoms with E-state index in [1.807, 2.05) is 55.6 Å². The average Bonchev–Trinajstić information content (AvgIpc) is 3.48. The predicted octanol–water partition coefficient (Wildman–Crippen LogP) is 2.93. The number of nitrogens with two attached hydrogens (primary N) is 2. The zero-order chi connectivity index (χ0) is 30.0. The highest BCUT2D eigenvalue weighted by Crippen LogP contribution is 2.44. The Labute approximate surface area is 246 Å². The zero-order valence-corrected chi connectivity index (χ0v) is 24.9. The van der Waals surface area contributed by atoms with Crippen molar-refractivity contribution in [3.8, 4) is 5.75 Å². The smallest absolute Gasteiger partial charge is 0.249 e. The van der Waals surface area contributed by atoms with Crippen molar-refractivity contribution in [3.63, 3.8) is 0 Å². The monoisotopic (exact) mass is 582 g/mol. The van der Waals surface area contributed by atoms with Gasteiger partial charge in [0, 0.05) is 48.1 Å². The fraction of sp³-hybridized carbons (Fsp3) is 0.452. The summed E-state index contributed by atoms with van der Waals surface area (Å²) in [4.78, 5) is 42.3. The molecule has 1 aromatic heterocycles. The van der Waals surface area contributed by atoms with Crippen LogP contribution in [-0.2, 0) is 27.3 Å². The molecule has 1 aromatic carbocycles. The van der Waals surface area contributed by atoms with E-state index in [9.17, 15) is 19.5 Å². The number of methoxy groups -OCH3 is 1. The summed E-state index contributed by atoms with van der Waals surface area (Å²) in [5.41, 5.74) is 11.6. The Balaban J connectivity index is 1.98. The van der Waals surface area contributed by atoms with E-state index >= 15 is 0 Å². The molecule has 9 nitrogen and oxygen atoms in total. The number of carbonyl (C=O) groups excluding carboxylic acids is 3. The summed E-state index contributed by atoms with van der Waals surface area (Å²) < 4.78 is 5.30. The lowest BCUT2D eigenvalue weighted by atomic mass is 9.63. The molecule has 1 aliphatic rings. The molecule has 0 spiro atoms. The Morgan fingerprint density at radius 1 is 1.15 bits per heavy atom. The van der Waals surface area contributed by atoms with Gasteiger partial charge in [0.15, 0.2) is 0 Å². The van der Waals surface area contributed by atoms with Crippen LogP contribution in [0.25, 0.3) is 0 Å². The number of aliphatic hydroxyl groups excluding tert-OH is 1. The van der Waals surface area contributed by atoms with Gasteiger partial charge >= 0.3 is 0 Å². The molecule has 0 aliphatic heterocycles. The maximum atomic E-state index is 13.7. The highest BCUT2D eigenvalue weighted by atomic mass is 32.1. The second kappa shape index (κ2) is 15.0. The lowest BCUT2D eigenvalue weighted by molar-refractivity contribution is -0.132. The predicted molar refractivity (Wildman–Crippen MR) is 161 cm³/mol. The first-order chi connectivity index (χ1) is 19.6. The van der Waals surface area contributed by atoms with Crippen LogP contribution in [0.4, 0.5) is 0 Å². The molecule has 1 heterocycles. The fourth-order valence-electron chi connectivity index (χ4n) is 5.44. The number of nitrogens with one attached hydrogen (secondary N) is 1. The first-order valence-corrected chi connectivity index (χ1v) is 14.9. The van der Waals surface area contributed by atoms with Crippen molar-refractivity contribution in [2.75, 3.05) is 26.7 Å². The molecule has 41 heavy (non-hydrogen) atoms. The van der Waals surface area contributed by atoms with E-state index in [2.05, 4.69) is 5.32 Å². The van der Waals surface area contributed by atoms with E-state index in [0.29, 0.717) is 26.1 Å². The van der Waals surface area contributed by atoms with Gasteiger partial charge in [-0.05, 0) is 60.9 Å². The molecule has 0 radical (unpaired) electrons. The first-order valence-electron chi connectivity index (χ1n) is 14.0. The lowest BCUT2D eigenvalue weighted by Gasteiger charge is -2.41. The van der Waals surface area contributed by atoms with Crippen molar-refractivity contribution < 1.29 is 24.2 Å². The van der Waals surface area contributed by atoms with Crippen LogP contribution in [0.15, 0.2) is 65.1 Å². The number of nitrogens with zero attached hydrogens (tertiary/aromatic N) is 1. The highest BCUT2D eigenvalue weighted by Gasteiger charge is 2.49. The van der Waals surface area contributed by atoms with Crippen LogP contribution in [0.5, 0.6) is 5.75 Å². The molecule has 6 N–H and O–H groups in total. The Morgan fingerprint density at radius 2 is 1.88 bits per heavy atom. The van der Waals surface area contributed by atoms with Crippen molar-refractivity contribution >= 4 is 29.1 Å². The van der Waals surface area contributed by atoms with Crippen molar-refractivity contribution in [1.82, 2.24) is 10.2 Å². The quantitative estimate of drug-likeness (QED) is 0.239. The third-order valence-electron chi connectivity index (χ3n) is 7.46. The number of hydrogen-bond acceptors (Lipinski definition) is 7. The third-order valence-corrected chi connectivity index (χ3v) is 8.36.